The molecule has 1 saturated heterocycles. The summed E-state index contributed by atoms with van der Waals surface area (Å²) in [6.07, 6.45) is 0.889. The van der Waals surface area contributed by atoms with Crippen LogP contribution in [0.3, 0.4) is 0 Å². The number of carbonyl (C=O) groups excluding carboxylic acids is 2. The topological polar surface area (TPSA) is 79.0 Å². The summed E-state index contributed by atoms with van der Waals surface area (Å²) in [5.41, 5.74) is 2.05. The molecule has 1 aliphatic heterocycles. The first-order valence-electron chi connectivity index (χ1n) is 11.3. The zero-order valence-electron chi connectivity index (χ0n) is 19.1. The molecular formula is C25H30N4O4. The first kappa shape index (κ1) is 22.9. The fourth-order valence-electron chi connectivity index (χ4n) is 4.30. The van der Waals surface area contributed by atoms with Gasteiger partial charge in [0.1, 0.15) is 0 Å². The van der Waals surface area contributed by atoms with Crippen LogP contribution in [0.4, 0.5) is 0 Å². The van der Waals surface area contributed by atoms with Gasteiger partial charge in [0.15, 0.2) is 5.58 Å². The number of carbonyl (C=O) groups is 2. The summed E-state index contributed by atoms with van der Waals surface area (Å²) in [4.78, 5) is 44.1. The molecule has 0 radical (unpaired) electrons. The van der Waals surface area contributed by atoms with Gasteiger partial charge in [0, 0.05) is 39.1 Å². The minimum atomic E-state index is -0.648. The summed E-state index contributed by atoms with van der Waals surface area (Å²) in [6.45, 7) is 3.19. The normalized spacial score (nSPS) is 15.8. The van der Waals surface area contributed by atoms with Gasteiger partial charge in [-0.1, -0.05) is 42.5 Å². The Hall–Kier alpha value is -3.23. The van der Waals surface area contributed by atoms with E-state index in [2.05, 4.69) is 4.90 Å². The van der Waals surface area contributed by atoms with E-state index in [1.165, 1.54) is 0 Å². The zero-order chi connectivity index (χ0) is 23.4. The van der Waals surface area contributed by atoms with Gasteiger partial charge in [-0.25, -0.2) is 9.36 Å². The lowest BCUT2D eigenvalue weighted by Gasteiger charge is -2.37. The van der Waals surface area contributed by atoms with Gasteiger partial charge in [-0.15, -0.1) is 0 Å². The number of nitrogens with zero attached hydrogens (tertiary/aromatic N) is 4. The molecule has 1 fully saturated rings. The number of aromatic nitrogens is 1. The zero-order valence-corrected chi connectivity index (χ0v) is 19.1. The maximum atomic E-state index is 13.2. The van der Waals surface area contributed by atoms with Gasteiger partial charge >= 0.3 is 5.76 Å². The molecule has 1 aliphatic rings. The highest BCUT2D eigenvalue weighted by molar-refractivity contribution is 5.89. The number of para-hydroxylation sites is 2. The van der Waals surface area contributed by atoms with E-state index in [9.17, 15) is 14.4 Å². The van der Waals surface area contributed by atoms with Crippen LogP contribution >= 0.6 is 0 Å². The standard InChI is InChI=1S/C25H30N4O4/c1-26(2)21(18-19-8-4-3-5-9-19)24(31)28-16-14-27(15-17-28)13-12-23(30)29-20-10-6-7-11-22(20)33-25(29)32/h3-11,21H,12-18H2,1-2H3. The highest BCUT2D eigenvalue weighted by atomic mass is 16.4. The number of oxazole rings is 1. The maximum absolute atomic E-state index is 13.2. The minimum Gasteiger partial charge on any atom is -0.407 e. The molecule has 0 bridgehead atoms. The first-order chi connectivity index (χ1) is 15.9. The summed E-state index contributed by atoms with van der Waals surface area (Å²) in [6, 6.07) is 16.8. The number of rotatable bonds is 7. The molecule has 4 rings (SSSR count). The van der Waals surface area contributed by atoms with Crippen molar-refractivity contribution in [2.75, 3.05) is 46.8 Å². The number of benzene rings is 2. The summed E-state index contributed by atoms with van der Waals surface area (Å²) < 4.78 is 6.27. The Morgan fingerprint density at radius 1 is 0.970 bits per heavy atom. The van der Waals surface area contributed by atoms with E-state index < -0.39 is 5.76 Å². The fourth-order valence-corrected chi connectivity index (χ4v) is 4.30. The maximum Gasteiger partial charge on any atom is 0.426 e. The van der Waals surface area contributed by atoms with Gasteiger partial charge in [0.05, 0.1) is 11.6 Å². The van der Waals surface area contributed by atoms with Gasteiger partial charge in [-0.3, -0.25) is 19.4 Å². The van der Waals surface area contributed by atoms with Gasteiger partial charge in [-0.05, 0) is 38.2 Å². The second-order valence-corrected chi connectivity index (χ2v) is 8.65. The van der Waals surface area contributed by atoms with Crippen LogP contribution in [0.25, 0.3) is 11.1 Å². The van der Waals surface area contributed by atoms with E-state index in [1.54, 1.807) is 24.3 Å². The minimum absolute atomic E-state index is 0.135. The third-order valence-corrected chi connectivity index (χ3v) is 6.24. The fraction of sp³-hybridized carbons (Fsp3) is 0.400. The lowest BCUT2D eigenvalue weighted by atomic mass is 10.0. The Morgan fingerprint density at radius 2 is 1.64 bits per heavy atom. The Kier molecular flexibility index (Phi) is 7.05. The number of hydrogen-bond donors (Lipinski definition) is 0. The van der Waals surface area contributed by atoms with Crippen LogP contribution in [0.5, 0.6) is 0 Å². The van der Waals surface area contributed by atoms with Crippen molar-refractivity contribution in [3.05, 3.63) is 70.7 Å². The van der Waals surface area contributed by atoms with Crippen molar-refractivity contribution in [3.63, 3.8) is 0 Å². The van der Waals surface area contributed by atoms with Crippen molar-refractivity contribution in [3.8, 4) is 0 Å². The van der Waals surface area contributed by atoms with Crippen LogP contribution in [0.2, 0.25) is 0 Å². The molecule has 8 nitrogen and oxygen atoms in total. The SMILES string of the molecule is CN(C)C(Cc1ccccc1)C(=O)N1CCN(CCC(=O)n2c(=O)oc3ccccc32)CC1. The highest BCUT2D eigenvalue weighted by Crippen LogP contribution is 2.14. The molecule has 0 spiro atoms. The lowest BCUT2D eigenvalue weighted by molar-refractivity contribution is -0.137. The van der Waals surface area contributed by atoms with Crippen LogP contribution < -0.4 is 5.76 Å². The van der Waals surface area contributed by atoms with E-state index >= 15 is 0 Å². The number of hydrogen-bond acceptors (Lipinski definition) is 6. The molecule has 1 unspecified atom stereocenters. The number of likely N-dealkylation sites (N-methyl/N-ethyl adjacent to an activating group) is 1. The van der Waals surface area contributed by atoms with Crippen LogP contribution in [0, 0.1) is 0 Å². The Labute approximate surface area is 193 Å². The van der Waals surface area contributed by atoms with Gasteiger partial charge in [-0.2, -0.15) is 0 Å². The lowest BCUT2D eigenvalue weighted by Crippen LogP contribution is -2.54. The molecule has 1 amide bonds. The molecule has 33 heavy (non-hydrogen) atoms. The molecular weight excluding hydrogens is 420 g/mol. The molecule has 0 N–H and O–H groups in total. The van der Waals surface area contributed by atoms with Crippen molar-refractivity contribution in [2.24, 2.45) is 0 Å². The average Bonchev–Trinajstić information content (AvgIpc) is 3.17. The number of fused-ring (bicyclic) bond motifs is 1. The van der Waals surface area contributed by atoms with Crippen LogP contribution in [-0.4, -0.2) is 83.9 Å². The van der Waals surface area contributed by atoms with Crippen molar-refractivity contribution < 1.29 is 14.0 Å². The summed E-state index contributed by atoms with van der Waals surface area (Å²) in [7, 11) is 3.88. The molecule has 1 atom stereocenters. The number of piperazine rings is 1. The highest BCUT2D eigenvalue weighted by Gasteiger charge is 2.29. The predicted octanol–water partition coefficient (Wildman–Crippen LogP) is 1.94. The molecule has 1 aromatic heterocycles. The quantitative estimate of drug-likeness (QED) is 0.548. The van der Waals surface area contributed by atoms with Gasteiger partial charge < -0.3 is 9.32 Å². The van der Waals surface area contributed by atoms with Crippen molar-refractivity contribution in [1.29, 1.82) is 0 Å². The Balaban J connectivity index is 1.31. The third kappa shape index (κ3) is 5.23. The molecule has 174 valence electrons. The summed E-state index contributed by atoms with van der Waals surface area (Å²) in [5, 5.41) is 0. The number of amides is 1. The van der Waals surface area contributed by atoms with Gasteiger partial charge in [0.25, 0.3) is 0 Å². The van der Waals surface area contributed by atoms with E-state index in [0.717, 1.165) is 10.1 Å². The average molecular weight is 451 g/mol. The molecule has 0 saturated carbocycles. The van der Waals surface area contributed by atoms with Crippen LogP contribution in [-0.2, 0) is 11.2 Å². The molecule has 0 aliphatic carbocycles. The second-order valence-electron chi connectivity index (χ2n) is 8.65. The van der Waals surface area contributed by atoms with Crippen LogP contribution in [0.15, 0.2) is 63.8 Å². The largest absolute Gasteiger partial charge is 0.426 e. The van der Waals surface area contributed by atoms with Crippen LogP contribution in [0.1, 0.15) is 16.8 Å². The molecule has 8 heteroatoms. The first-order valence-corrected chi connectivity index (χ1v) is 11.3. The molecule has 2 heterocycles. The Morgan fingerprint density at radius 3 is 2.33 bits per heavy atom. The van der Waals surface area contributed by atoms with E-state index in [-0.39, 0.29) is 24.3 Å². The predicted molar refractivity (Wildman–Crippen MR) is 126 cm³/mol. The Bertz CT molecular complexity index is 1160. The summed E-state index contributed by atoms with van der Waals surface area (Å²) in [5.74, 6) is -0.792. The third-order valence-electron chi connectivity index (χ3n) is 6.24. The van der Waals surface area contributed by atoms with Crippen molar-refractivity contribution >= 4 is 22.9 Å². The second kappa shape index (κ2) is 10.1. The molecule has 3 aromatic rings. The van der Waals surface area contributed by atoms with Gasteiger partial charge in [0.2, 0.25) is 11.8 Å². The summed E-state index contributed by atoms with van der Waals surface area (Å²) >= 11 is 0. The van der Waals surface area contributed by atoms with E-state index in [4.69, 9.17) is 4.42 Å². The van der Waals surface area contributed by atoms with E-state index in [0.29, 0.717) is 50.2 Å². The van der Waals surface area contributed by atoms with Crippen molar-refractivity contribution in [2.45, 2.75) is 18.9 Å². The van der Waals surface area contributed by atoms with E-state index in [1.807, 2.05) is 54.2 Å². The smallest absolute Gasteiger partial charge is 0.407 e. The molecule has 2 aromatic carbocycles. The monoisotopic (exact) mass is 450 g/mol. The van der Waals surface area contributed by atoms with Crippen molar-refractivity contribution in [1.82, 2.24) is 19.3 Å².